The molecule has 1 atom stereocenters. The summed E-state index contributed by atoms with van der Waals surface area (Å²) in [7, 11) is 3.56. The van der Waals surface area contributed by atoms with Crippen LogP contribution < -0.4 is 5.32 Å². The minimum atomic E-state index is 0.339. The van der Waals surface area contributed by atoms with Crippen molar-refractivity contribution in [3.63, 3.8) is 0 Å². The third kappa shape index (κ3) is 4.46. The summed E-state index contributed by atoms with van der Waals surface area (Å²) in [5, 5.41) is 15.6. The van der Waals surface area contributed by atoms with E-state index in [0.717, 1.165) is 23.9 Å². The molecule has 7 heteroatoms. The average molecular weight is 245 g/mol. The third-order valence-corrected chi connectivity index (χ3v) is 3.22. The van der Waals surface area contributed by atoms with E-state index in [1.54, 1.807) is 23.6 Å². The number of nitrogens with zero attached hydrogens (tertiary/aromatic N) is 4. The van der Waals surface area contributed by atoms with Gasteiger partial charge in [0.25, 0.3) is 0 Å². The molecule has 0 aliphatic heterocycles. The second-order valence-corrected chi connectivity index (χ2v) is 4.49. The summed E-state index contributed by atoms with van der Waals surface area (Å²) in [6.07, 6.45) is 1.12. The van der Waals surface area contributed by atoms with Crippen molar-refractivity contribution in [1.29, 1.82) is 0 Å². The van der Waals surface area contributed by atoms with Gasteiger partial charge in [0.2, 0.25) is 5.16 Å². The molecule has 0 spiro atoms. The fourth-order valence-electron chi connectivity index (χ4n) is 1.23. The first-order valence-corrected chi connectivity index (χ1v) is 6.34. The molecule has 0 amide bonds. The van der Waals surface area contributed by atoms with E-state index in [-0.39, 0.29) is 0 Å². The van der Waals surface area contributed by atoms with Crippen molar-refractivity contribution < 1.29 is 4.74 Å². The summed E-state index contributed by atoms with van der Waals surface area (Å²) in [6.45, 7) is 3.86. The molecule has 1 heterocycles. The van der Waals surface area contributed by atoms with Gasteiger partial charge in [-0.25, -0.2) is 4.68 Å². The number of hydrogen-bond acceptors (Lipinski definition) is 6. The largest absolute Gasteiger partial charge is 0.383 e. The number of aromatic nitrogens is 4. The Kier molecular flexibility index (Phi) is 6.36. The van der Waals surface area contributed by atoms with Gasteiger partial charge >= 0.3 is 0 Å². The van der Waals surface area contributed by atoms with Gasteiger partial charge in [0, 0.05) is 26.0 Å². The normalized spacial score (nSPS) is 12.9. The molecule has 1 aromatic heterocycles. The molecule has 1 N–H and O–H groups in total. The van der Waals surface area contributed by atoms with Gasteiger partial charge in [-0.15, -0.1) is 5.10 Å². The molecule has 0 bridgehead atoms. The van der Waals surface area contributed by atoms with Gasteiger partial charge in [-0.2, -0.15) is 0 Å². The van der Waals surface area contributed by atoms with Crippen LogP contribution in [0, 0.1) is 0 Å². The first-order valence-electron chi connectivity index (χ1n) is 5.35. The number of hydrogen-bond donors (Lipinski definition) is 1. The smallest absolute Gasteiger partial charge is 0.209 e. The SMILES string of the molecule is CCCNC(COC)CSc1nnnn1C. The number of ether oxygens (including phenoxy) is 1. The van der Waals surface area contributed by atoms with Crippen LogP contribution in [0.15, 0.2) is 5.16 Å². The van der Waals surface area contributed by atoms with E-state index < -0.39 is 0 Å². The van der Waals surface area contributed by atoms with E-state index in [1.165, 1.54) is 0 Å². The summed E-state index contributed by atoms with van der Waals surface area (Å²) < 4.78 is 6.84. The summed E-state index contributed by atoms with van der Waals surface area (Å²) in [5.74, 6) is 0.905. The number of methoxy groups -OCH3 is 1. The lowest BCUT2D eigenvalue weighted by Gasteiger charge is -2.16. The summed E-state index contributed by atoms with van der Waals surface area (Å²) in [4.78, 5) is 0. The van der Waals surface area contributed by atoms with Gasteiger partial charge in [-0.3, -0.25) is 0 Å². The summed E-state index contributed by atoms with van der Waals surface area (Å²) >= 11 is 1.64. The third-order valence-electron chi connectivity index (χ3n) is 2.05. The van der Waals surface area contributed by atoms with Crippen LogP contribution in [0.1, 0.15) is 13.3 Å². The zero-order valence-corrected chi connectivity index (χ0v) is 10.8. The van der Waals surface area contributed by atoms with Crippen LogP contribution in [0.5, 0.6) is 0 Å². The Morgan fingerprint density at radius 1 is 1.56 bits per heavy atom. The van der Waals surface area contributed by atoms with Gasteiger partial charge in [-0.1, -0.05) is 18.7 Å². The Balaban J connectivity index is 2.34. The van der Waals surface area contributed by atoms with E-state index in [4.69, 9.17) is 4.74 Å². The molecule has 0 aliphatic carbocycles. The number of rotatable bonds is 8. The molecule has 0 saturated carbocycles. The number of aryl methyl sites for hydroxylation is 1. The van der Waals surface area contributed by atoms with E-state index >= 15 is 0 Å². The Hall–Kier alpha value is -0.660. The molecule has 0 aliphatic rings. The van der Waals surface area contributed by atoms with Gasteiger partial charge in [0.05, 0.1) is 6.61 Å². The lowest BCUT2D eigenvalue weighted by molar-refractivity contribution is 0.174. The first-order chi connectivity index (χ1) is 7.77. The highest BCUT2D eigenvalue weighted by Gasteiger charge is 2.10. The van der Waals surface area contributed by atoms with Crippen LogP contribution in [0.3, 0.4) is 0 Å². The standard InChI is InChI=1S/C9H19N5OS/c1-4-5-10-8(6-15-3)7-16-9-11-12-13-14(9)2/h8,10H,4-7H2,1-3H3. The predicted molar refractivity (Wildman–Crippen MR) is 63.5 cm³/mol. The maximum atomic E-state index is 5.17. The van der Waals surface area contributed by atoms with Crippen molar-refractivity contribution in [2.45, 2.75) is 24.5 Å². The molecule has 0 radical (unpaired) electrons. The minimum absolute atomic E-state index is 0.339. The quantitative estimate of drug-likeness (QED) is 0.665. The molecule has 0 saturated heterocycles. The average Bonchev–Trinajstić information content (AvgIpc) is 2.68. The highest BCUT2D eigenvalue weighted by Crippen LogP contribution is 2.13. The van der Waals surface area contributed by atoms with Crippen molar-refractivity contribution >= 4 is 11.8 Å². The maximum Gasteiger partial charge on any atom is 0.209 e. The van der Waals surface area contributed by atoms with Crippen LogP contribution in [-0.4, -0.2) is 52.3 Å². The van der Waals surface area contributed by atoms with Crippen LogP contribution in [0.4, 0.5) is 0 Å². The van der Waals surface area contributed by atoms with E-state index in [9.17, 15) is 0 Å². The zero-order chi connectivity index (χ0) is 11.8. The zero-order valence-electron chi connectivity index (χ0n) is 10.0. The Morgan fingerprint density at radius 3 is 2.94 bits per heavy atom. The van der Waals surface area contributed by atoms with E-state index in [1.807, 2.05) is 7.05 Å². The topological polar surface area (TPSA) is 64.9 Å². The highest BCUT2D eigenvalue weighted by molar-refractivity contribution is 7.99. The Bertz CT molecular complexity index is 293. The first kappa shape index (κ1) is 13.4. The molecule has 0 aromatic carbocycles. The molecule has 92 valence electrons. The fourth-order valence-corrected chi connectivity index (χ4v) is 2.12. The number of tetrazole rings is 1. The molecule has 1 rings (SSSR count). The second-order valence-electron chi connectivity index (χ2n) is 3.50. The van der Waals surface area contributed by atoms with Gasteiger partial charge in [0.1, 0.15) is 0 Å². The monoisotopic (exact) mass is 245 g/mol. The number of nitrogens with one attached hydrogen (secondary N) is 1. The number of thioether (sulfide) groups is 1. The van der Waals surface area contributed by atoms with Crippen LogP contribution >= 0.6 is 11.8 Å². The second kappa shape index (κ2) is 7.59. The molecule has 1 aromatic rings. The highest BCUT2D eigenvalue weighted by atomic mass is 32.2. The van der Waals surface area contributed by atoms with Gasteiger partial charge < -0.3 is 10.1 Å². The molecule has 6 nitrogen and oxygen atoms in total. The molecular formula is C9H19N5OS. The van der Waals surface area contributed by atoms with E-state index in [2.05, 4.69) is 27.8 Å². The van der Waals surface area contributed by atoms with Crippen LogP contribution in [0.25, 0.3) is 0 Å². The molecular weight excluding hydrogens is 226 g/mol. The maximum absolute atomic E-state index is 5.17. The summed E-state index contributed by atoms with van der Waals surface area (Å²) in [6, 6.07) is 0.339. The van der Waals surface area contributed by atoms with Crippen LogP contribution in [0.2, 0.25) is 0 Å². The minimum Gasteiger partial charge on any atom is -0.383 e. The Morgan fingerprint density at radius 2 is 2.38 bits per heavy atom. The van der Waals surface area contributed by atoms with Crippen molar-refractivity contribution in [2.24, 2.45) is 7.05 Å². The Labute approximate surface area is 100 Å². The van der Waals surface area contributed by atoms with Crippen LogP contribution in [-0.2, 0) is 11.8 Å². The lowest BCUT2D eigenvalue weighted by Crippen LogP contribution is -2.36. The summed E-state index contributed by atoms with van der Waals surface area (Å²) in [5.41, 5.74) is 0. The molecule has 1 unspecified atom stereocenters. The molecule has 0 fully saturated rings. The van der Waals surface area contributed by atoms with Crippen molar-refractivity contribution in [3.05, 3.63) is 0 Å². The van der Waals surface area contributed by atoms with Crippen molar-refractivity contribution in [1.82, 2.24) is 25.5 Å². The van der Waals surface area contributed by atoms with E-state index in [0.29, 0.717) is 12.6 Å². The predicted octanol–water partition coefficient (Wildman–Crippen LogP) is 0.317. The lowest BCUT2D eigenvalue weighted by atomic mass is 10.3. The van der Waals surface area contributed by atoms with Crippen molar-refractivity contribution in [3.8, 4) is 0 Å². The van der Waals surface area contributed by atoms with Gasteiger partial charge in [-0.05, 0) is 23.4 Å². The fraction of sp³-hybridized carbons (Fsp3) is 0.889. The van der Waals surface area contributed by atoms with Gasteiger partial charge in [0.15, 0.2) is 0 Å². The molecule has 16 heavy (non-hydrogen) atoms. The van der Waals surface area contributed by atoms with Crippen molar-refractivity contribution in [2.75, 3.05) is 26.0 Å².